The lowest BCUT2D eigenvalue weighted by Crippen LogP contribution is -2.38. The number of benzene rings is 2. The van der Waals surface area contributed by atoms with E-state index in [1.54, 1.807) is 0 Å². The average molecular weight is 419 g/mol. The van der Waals surface area contributed by atoms with Gasteiger partial charge >= 0.3 is 12.1 Å². The zero-order valence-corrected chi connectivity index (χ0v) is 15.4. The van der Waals surface area contributed by atoms with Crippen molar-refractivity contribution >= 4 is 45.9 Å². The van der Waals surface area contributed by atoms with Gasteiger partial charge in [-0.05, 0) is 30.3 Å². The molecule has 142 valence electrons. The molecule has 0 N–H and O–H groups in total. The molecule has 0 saturated heterocycles. The SMILES string of the molecule is COc1c(Cl)cc(-c2nc3cc(N(C)C(=O)C(F)(F)F)ccc3o2)cc1Cl. The molecule has 1 amide bonds. The molecule has 0 saturated carbocycles. The number of rotatable bonds is 3. The van der Waals surface area contributed by atoms with Gasteiger partial charge in [-0.15, -0.1) is 0 Å². The number of ether oxygens (including phenoxy) is 1. The van der Waals surface area contributed by atoms with E-state index in [4.69, 9.17) is 32.4 Å². The third-order valence-electron chi connectivity index (χ3n) is 3.75. The summed E-state index contributed by atoms with van der Waals surface area (Å²) in [5, 5.41) is 0.497. The highest BCUT2D eigenvalue weighted by molar-refractivity contribution is 6.37. The lowest BCUT2D eigenvalue weighted by Gasteiger charge is -2.18. The van der Waals surface area contributed by atoms with Crippen molar-refractivity contribution in [1.82, 2.24) is 4.98 Å². The van der Waals surface area contributed by atoms with E-state index in [0.29, 0.717) is 21.8 Å². The zero-order chi connectivity index (χ0) is 19.9. The maximum Gasteiger partial charge on any atom is 0.471 e. The smallest absolute Gasteiger partial charge is 0.471 e. The number of carbonyl (C=O) groups is 1. The summed E-state index contributed by atoms with van der Waals surface area (Å²) in [6, 6.07) is 7.15. The van der Waals surface area contributed by atoms with Crippen molar-refractivity contribution in [3.05, 3.63) is 40.4 Å². The molecule has 0 aliphatic heterocycles. The second-order valence-electron chi connectivity index (χ2n) is 5.51. The van der Waals surface area contributed by atoms with Crippen LogP contribution < -0.4 is 9.64 Å². The summed E-state index contributed by atoms with van der Waals surface area (Å²) in [4.78, 5) is 16.1. The second kappa shape index (κ2) is 6.94. The highest BCUT2D eigenvalue weighted by Crippen LogP contribution is 2.38. The van der Waals surface area contributed by atoms with Gasteiger partial charge in [-0.3, -0.25) is 4.79 Å². The van der Waals surface area contributed by atoms with Crippen molar-refractivity contribution in [3.63, 3.8) is 0 Å². The molecule has 0 aliphatic rings. The Morgan fingerprint density at radius 1 is 1.19 bits per heavy atom. The summed E-state index contributed by atoms with van der Waals surface area (Å²) >= 11 is 12.2. The van der Waals surface area contributed by atoms with Gasteiger partial charge in [-0.1, -0.05) is 23.2 Å². The molecule has 0 unspecified atom stereocenters. The summed E-state index contributed by atoms with van der Waals surface area (Å²) in [7, 11) is 2.45. The Morgan fingerprint density at radius 3 is 2.37 bits per heavy atom. The van der Waals surface area contributed by atoms with Crippen LogP contribution in [0.15, 0.2) is 34.7 Å². The maximum absolute atomic E-state index is 12.6. The average Bonchev–Trinajstić information content (AvgIpc) is 3.02. The van der Waals surface area contributed by atoms with E-state index in [9.17, 15) is 18.0 Å². The van der Waals surface area contributed by atoms with Crippen LogP contribution in [0.1, 0.15) is 0 Å². The number of aromatic nitrogens is 1. The van der Waals surface area contributed by atoms with Gasteiger partial charge < -0.3 is 14.1 Å². The van der Waals surface area contributed by atoms with Crippen molar-refractivity contribution < 1.29 is 27.1 Å². The van der Waals surface area contributed by atoms with Crippen molar-refractivity contribution in [1.29, 1.82) is 0 Å². The summed E-state index contributed by atoms with van der Waals surface area (Å²) in [6.45, 7) is 0. The maximum atomic E-state index is 12.6. The molecule has 0 radical (unpaired) electrons. The van der Waals surface area contributed by atoms with Gasteiger partial charge in [-0.25, -0.2) is 4.98 Å². The van der Waals surface area contributed by atoms with E-state index >= 15 is 0 Å². The van der Waals surface area contributed by atoms with E-state index in [2.05, 4.69) is 4.98 Å². The number of oxazole rings is 1. The van der Waals surface area contributed by atoms with Gasteiger partial charge in [0.2, 0.25) is 5.89 Å². The van der Waals surface area contributed by atoms with Gasteiger partial charge in [0.15, 0.2) is 11.3 Å². The topological polar surface area (TPSA) is 55.6 Å². The first-order valence-corrected chi connectivity index (χ1v) is 8.16. The minimum absolute atomic E-state index is 0.0236. The van der Waals surface area contributed by atoms with E-state index in [0.717, 1.165) is 7.05 Å². The Kier molecular flexibility index (Phi) is 4.96. The number of hydrogen-bond donors (Lipinski definition) is 0. The molecule has 10 heteroatoms. The minimum atomic E-state index is -4.98. The summed E-state index contributed by atoms with van der Waals surface area (Å²) < 4.78 is 48.5. The molecule has 5 nitrogen and oxygen atoms in total. The van der Waals surface area contributed by atoms with E-state index in [1.165, 1.54) is 37.4 Å². The van der Waals surface area contributed by atoms with E-state index in [1.807, 2.05) is 0 Å². The van der Waals surface area contributed by atoms with Crippen molar-refractivity contribution in [2.75, 3.05) is 19.1 Å². The standard InChI is InChI=1S/C17H11Cl2F3N2O3/c1-24(16(25)17(20,21)22)9-3-4-13-12(7-9)23-15(27-13)8-5-10(18)14(26-2)11(19)6-8/h3-7H,1-2H3. The number of nitrogens with zero attached hydrogens (tertiary/aromatic N) is 2. The number of alkyl halides is 3. The highest BCUT2D eigenvalue weighted by Gasteiger charge is 2.41. The number of methoxy groups -OCH3 is 1. The third-order valence-corrected chi connectivity index (χ3v) is 4.32. The fourth-order valence-corrected chi connectivity index (χ4v) is 3.08. The Bertz CT molecular complexity index is 1010. The predicted octanol–water partition coefficient (Wildman–Crippen LogP) is 5.34. The highest BCUT2D eigenvalue weighted by atomic mass is 35.5. The van der Waals surface area contributed by atoms with Gasteiger partial charge in [0.05, 0.1) is 17.2 Å². The first kappa shape index (κ1) is 19.3. The number of amides is 1. The van der Waals surface area contributed by atoms with Crippen LogP contribution in [-0.4, -0.2) is 31.2 Å². The molecule has 27 heavy (non-hydrogen) atoms. The zero-order valence-electron chi connectivity index (χ0n) is 13.9. The Balaban J connectivity index is 2.01. The summed E-state index contributed by atoms with van der Waals surface area (Å²) in [5.74, 6) is -1.52. The minimum Gasteiger partial charge on any atom is -0.494 e. The van der Waals surface area contributed by atoms with Gasteiger partial charge in [-0.2, -0.15) is 13.2 Å². The van der Waals surface area contributed by atoms with Gasteiger partial charge in [0.1, 0.15) is 5.52 Å². The fourth-order valence-electron chi connectivity index (χ4n) is 2.43. The Hall–Kier alpha value is -2.45. The van der Waals surface area contributed by atoms with Crippen LogP contribution in [0, 0.1) is 0 Å². The van der Waals surface area contributed by atoms with Crippen molar-refractivity contribution in [2.24, 2.45) is 0 Å². The summed E-state index contributed by atoms with van der Waals surface area (Å²) in [5.41, 5.74) is 1.08. The molecule has 0 aliphatic carbocycles. The molecular formula is C17H11Cl2F3N2O3. The van der Waals surface area contributed by atoms with Crippen LogP contribution in [0.4, 0.5) is 18.9 Å². The normalized spacial score (nSPS) is 11.7. The number of fused-ring (bicyclic) bond motifs is 1. The summed E-state index contributed by atoms with van der Waals surface area (Å²) in [6.07, 6.45) is -4.98. The number of halogens is 5. The van der Waals surface area contributed by atoms with Crippen LogP contribution >= 0.6 is 23.2 Å². The van der Waals surface area contributed by atoms with Crippen LogP contribution in [0.25, 0.3) is 22.6 Å². The fraction of sp³-hybridized carbons (Fsp3) is 0.176. The van der Waals surface area contributed by atoms with Crippen molar-refractivity contribution in [2.45, 2.75) is 6.18 Å². The molecule has 2 aromatic carbocycles. The predicted molar refractivity (Wildman–Crippen MR) is 95.5 cm³/mol. The Morgan fingerprint density at radius 2 is 1.81 bits per heavy atom. The van der Waals surface area contributed by atoms with Crippen LogP contribution in [0.3, 0.4) is 0 Å². The largest absolute Gasteiger partial charge is 0.494 e. The molecule has 1 heterocycles. The van der Waals surface area contributed by atoms with Crippen LogP contribution in [-0.2, 0) is 4.79 Å². The van der Waals surface area contributed by atoms with E-state index < -0.39 is 12.1 Å². The molecule has 0 bridgehead atoms. The molecule has 0 spiro atoms. The molecular weight excluding hydrogens is 408 g/mol. The van der Waals surface area contributed by atoms with Gasteiger partial charge in [0, 0.05) is 18.3 Å². The lowest BCUT2D eigenvalue weighted by atomic mass is 10.2. The lowest BCUT2D eigenvalue weighted by molar-refractivity contribution is -0.170. The van der Waals surface area contributed by atoms with Crippen molar-refractivity contribution in [3.8, 4) is 17.2 Å². The number of anilines is 1. The molecule has 0 fully saturated rings. The number of carbonyl (C=O) groups excluding carboxylic acids is 1. The first-order chi connectivity index (χ1) is 12.6. The van der Waals surface area contributed by atoms with E-state index in [-0.39, 0.29) is 27.1 Å². The number of hydrogen-bond acceptors (Lipinski definition) is 4. The Labute approximate surface area is 161 Å². The molecule has 1 aromatic heterocycles. The molecule has 3 aromatic rings. The second-order valence-corrected chi connectivity index (χ2v) is 6.32. The van der Waals surface area contributed by atoms with Crippen LogP contribution in [0.2, 0.25) is 10.0 Å². The monoisotopic (exact) mass is 418 g/mol. The third kappa shape index (κ3) is 3.68. The molecule has 3 rings (SSSR count). The van der Waals surface area contributed by atoms with Crippen LogP contribution in [0.5, 0.6) is 5.75 Å². The van der Waals surface area contributed by atoms with Gasteiger partial charge in [0.25, 0.3) is 0 Å². The molecule has 0 atom stereocenters. The first-order valence-electron chi connectivity index (χ1n) is 7.40. The quantitative estimate of drug-likeness (QED) is 0.576.